The van der Waals surface area contributed by atoms with E-state index in [0.29, 0.717) is 5.69 Å². The lowest BCUT2D eigenvalue weighted by molar-refractivity contribution is -0.384. The van der Waals surface area contributed by atoms with Gasteiger partial charge < -0.3 is 0 Å². The summed E-state index contributed by atoms with van der Waals surface area (Å²) < 4.78 is 32.0. The Morgan fingerprint density at radius 1 is 1.14 bits per heavy atom. The van der Waals surface area contributed by atoms with Gasteiger partial charge >= 0.3 is 0 Å². The highest BCUT2D eigenvalue weighted by molar-refractivity contribution is 7.92. The number of benzene rings is 2. The summed E-state index contributed by atoms with van der Waals surface area (Å²) in [7, 11) is -3.80. The molecule has 0 radical (unpaired) electrons. The molecule has 0 atom stereocenters. The second-order valence-corrected chi connectivity index (χ2v) is 6.95. The lowest BCUT2D eigenvalue weighted by Crippen LogP contribution is -2.12. The van der Waals surface area contributed by atoms with E-state index in [1.165, 1.54) is 23.7 Å². The minimum atomic E-state index is -3.80. The van der Waals surface area contributed by atoms with E-state index in [4.69, 9.17) is 0 Å². The van der Waals surface area contributed by atoms with Crippen molar-refractivity contribution in [2.24, 2.45) is 0 Å². The number of hydrogen-bond donors (Lipinski definition) is 1. The van der Waals surface area contributed by atoms with Crippen molar-refractivity contribution >= 4 is 43.0 Å². The monoisotopic (exact) mass is 335 g/mol. The van der Waals surface area contributed by atoms with Crippen LogP contribution < -0.4 is 4.72 Å². The van der Waals surface area contributed by atoms with Gasteiger partial charge in [-0.15, -0.1) is 0 Å². The molecule has 0 amide bonds. The Balaban J connectivity index is 1.90. The van der Waals surface area contributed by atoms with E-state index in [-0.39, 0.29) is 10.6 Å². The average Bonchev–Trinajstić information content (AvgIpc) is 2.94. The van der Waals surface area contributed by atoms with Crippen molar-refractivity contribution in [3.8, 4) is 0 Å². The number of rotatable bonds is 4. The van der Waals surface area contributed by atoms with Crippen molar-refractivity contribution in [2.75, 3.05) is 4.72 Å². The molecular weight excluding hydrogens is 326 g/mol. The van der Waals surface area contributed by atoms with E-state index < -0.39 is 14.9 Å². The van der Waals surface area contributed by atoms with Crippen LogP contribution in [0.1, 0.15) is 0 Å². The molecule has 9 heteroatoms. The van der Waals surface area contributed by atoms with Gasteiger partial charge in [0, 0.05) is 29.4 Å². The molecular formula is C13H9N3O4S2. The van der Waals surface area contributed by atoms with E-state index in [9.17, 15) is 18.5 Å². The van der Waals surface area contributed by atoms with Crippen LogP contribution in [0.5, 0.6) is 0 Å². The van der Waals surface area contributed by atoms with E-state index in [1.54, 1.807) is 24.4 Å². The molecule has 112 valence electrons. The maximum absolute atomic E-state index is 12.3. The van der Waals surface area contributed by atoms with Crippen LogP contribution >= 0.6 is 11.5 Å². The molecule has 1 heterocycles. The van der Waals surface area contributed by atoms with E-state index in [2.05, 4.69) is 9.10 Å². The molecule has 22 heavy (non-hydrogen) atoms. The third kappa shape index (κ3) is 2.76. The van der Waals surface area contributed by atoms with Crippen molar-refractivity contribution in [1.82, 2.24) is 4.37 Å². The van der Waals surface area contributed by atoms with Gasteiger partial charge in [0.05, 0.1) is 14.5 Å². The van der Waals surface area contributed by atoms with E-state index >= 15 is 0 Å². The summed E-state index contributed by atoms with van der Waals surface area (Å²) >= 11 is 1.32. The van der Waals surface area contributed by atoms with E-state index in [1.807, 2.05) is 0 Å². The summed E-state index contributed by atoms with van der Waals surface area (Å²) in [5, 5.41) is 11.4. The molecule has 7 nitrogen and oxygen atoms in total. The topological polar surface area (TPSA) is 102 Å². The second-order valence-electron chi connectivity index (χ2n) is 4.43. The molecule has 2 aromatic carbocycles. The van der Waals surface area contributed by atoms with Gasteiger partial charge in [0.2, 0.25) is 0 Å². The van der Waals surface area contributed by atoms with Gasteiger partial charge in [-0.25, -0.2) is 8.42 Å². The Kier molecular flexibility index (Phi) is 3.51. The van der Waals surface area contributed by atoms with Crippen molar-refractivity contribution in [2.45, 2.75) is 4.90 Å². The van der Waals surface area contributed by atoms with Crippen molar-refractivity contribution in [3.63, 3.8) is 0 Å². The number of anilines is 1. The smallest absolute Gasteiger partial charge is 0.269 e. The van der Waals surface area contributed by atoms with Crippen LogP contribution in [0.3, 0.4) is 0 Å². The van der Waals surface area contributed by atoms with Crippen LogP contribution in [-0.2, 0) is 10.0 Å². The maximum atomic E-state index is 12.3. The predicted octanol–water partition coefficient (Wildman–Crippen LogP) is 3.01. The van der Waals surface area contributed by atoms with Crippen LogP contribution in [0.25, 0.3) is 10.1 Å². The highest BCUT2D eigenvalue weighted by atomic mass is 32.2. The maximum Gasteiger partial charge on any atom is 0.269 e. The van der Waals surface area contributed by atoms with Gasteiger partial charge in [-0.2, -0.15) is 4.37 Å². The lowest BCUT2D eigenvalue weighted by Gasteiger charge is -2.08. The predicted molar refractivity (Wildman–Crippen MR) is 83.5 cm³/mol. The Morgan fingerprint density at radius 2 is 1.86 bits per heavy atom. The molecule has 0 fully saturated rings. The number of hydrogen-bond acceptors (Lipinski definition) is 6. The molecule has 0 bridgehead atoms. The van der Waals surface area contributed by atoms with Crippen molar-refractivity contribution in [3.05, 3.63) is 58.8 Å². The highest BCUT2D eigenvalue weighted by Crippen LogP contribution is 2.24. The Hall–Kier alpha value is -2.52. The fraction of sp³-hybridized carbons (Fsp3) is 0. The van der Waals surface area contributed by atoms with Gasteiger partial charge in [0.15, 0.2) is 0 Å². The first-order chi connectivity index (χ1) is 10.5. The number of nitrogens with zero attached hydrogens (tertiary/aromatic N) is 2. The Morgan fingerprint density at radius 3 is 2.55 bits per heavy atom. The third-order valence-corrected chi connectivity index (χ3v) is 5.14. The number of non-ortho nitro benzene ring substituents is 1. The minimum Gasteiger partial charge on any atom is -0.280 e. The molecule has 0 spiro atoms. The first kappa shape index (κ1) is 14.4. The zero-order chi connectivity index (χ0) is 15.7. The molecule has 1 N–H and O–H groups in total. The number of nitrogens with one attached hydrogen (secondary N) is 1. The average molecular weight is 335 g/mol. The fourth-order valence-electron chi connectivity index (χ4n) is 1.90. The molecule has 0 aliphatic carbocycles. The lowest BCUT2D eigenvalue weighted by atomic mass is 10.2. The molecule has 0 saturated carbocycles. The summed E-state index contributed by atoms with van der Waals surface area (Å²) in [5.41, 5.74) is 0.246. The summed E-state index contributed by atoms with van der Waals surface area (Å²) in [4.78, 5) is 9.97. The standard InChI is InChI=1S/C13H9N3O4S2/c17-16(18)11-2-4-12(5-3-11)22(19,20)15-10-1-6-13-9(7-10)8-14-21-13/h1-8,15H. The normalized spacial score (nSPS) is 11.5. The van der Waals surface area contributed by atoms with Crippen LogP contribution in [-0.4, -0.2) is 17.7 Å². The number of aromatic nitrogens is 1. The quantitative estimate of drug-likeness (QED) is 0.583. The molecule has 0 aliphatic rings. The highest BCUT2D eigenvalue weighted by Gasteiger charge is 2.16. The Bertz CT molecular complexity index is 949. The minimum absolute atomic E-state index is 0.0401. The van der Waals surface area contributed by atoms with Gasteiger partial charge in [0.25, 0.3) is 15.7 Å². The van der Waals surface area contributed by atoms with Gasteiger partial charge in [0.1, 0.15) is 0 Å². The molecule has 0 unspecified atom stereocenters. The zero-order valence-corrected chi connectivity index (χ0v) is 12.6. The fourth-order valence-corrected chi connectivity index (χ4v) is 3.57. The zero-order valence-electron chi connectivity index (χ0n) is 11.0. The number of nitro benzene ring substituents is 1. The molecule has 0 aliphatic heterocycles. The molecule has 1 aromatic heterocycles. The molecule has 0 saturated heterocycles. The van der Waals surface area contributed by atoms with Crippen LogP contribution in [0, 0.1) is 10.1 Å². The van der Waals surface area contributed by atoms with Crippen molar-refractivity contribution < 1.29 is 13.3 Å². The second kappa shape index (κ2) is 5.35. The van der Waals surface area contributed by atoms with Crippen LogP contribution in [0.4, 0.5) is 11.4 Å². The first-order valence-corrected chi connectivity index (χ1v) is 8.33. The van der Waals surface area contributed by atoms with Crippen LogP contribution in [0.2, 0.25) is 0 Å². The summed E-state index contributed by atoms with van der Waals surface area (Å²) in [6.45, 7) is 0. The van der Waals surface area contributed by atoms with Gasteiger partial charge in [-0.05, 0) is 41.9 Å². The van der Waals surface area contributed by atoms with Crippen molar-refractivity contribution in [1.29, 1.82) is 0 Å². The number of nitro groups is 1. The van der Waals surface area contributed by atoms with Gasteiger partial charge in [-0.3, -0.25) is 14.8 Å². The SMILES string of the molecule is O=[N+]([O-])c1ccc(S(=O)(=O)Nc2ccc3sncc3c2)cc1. The summed E-state index contributed by atoms with van der Waals surface area (Å²) in [6, 6.07) is 9.81. The molecule has 3 aromatic rings. The van der Waals surface area contributed by atoms with E-state index in [0.717, 1.165) is 22.2 Å². The summed E-state index contributed by atoms with van der Waals surface area (Å²) in [5.74, 6) is 0. The van der Waals surface area contributed by atoms with Crippen LogP contribution in [0.15, 0.2) is 53.6 Å². The van der Waals surface area contributed by atoms with Gasteiger partial charge in [-0.1, -0.05) is 0 Å². The third-order valence-electron chi connectivity index (χ3n) is 2.96. The summed E-state index contributed by atoms with van der Waals surface area (Å²) in [6.07, 6.45) is 1.66. The molecule has 3 rings (SSSR count). The number of sulfonamides is 1. The number of fused-ring (bicyclic) bond motifs is 1. The first-order valence-electron chi connectivity index (χ1n) is 6.07. The Labute approximate surface area is 129 Å². The largest absolute Gasteiger partial charge is 0.280 e.